The lowest BCUT2D eigenvalue weighted by atomic mass is 10.2. The van der Waals surface area contributed by atoms with Crippen LogP contribution in [0.1, 0.15) is 5.56 Å². The van der Waals surface area contributed by atoms with Gasteiger partial charge in [-0.3, -0.25) is 0 Å². The van der Waals surface area contributed by atoms with Crippen LogP contribution in [0, 0.1) is 12.7 Å². The van der Waals surface area contributed by atoms with Gasteiger partial charge in [0.1, 0.15) is 10.8 Å². The van der Waals surface area contributed by atoms with Crippen LogP contribution in [0.15, 0.2) is 60.7 Å². The molecule has 4 aromatic rings. The Kier molecular flexibility index (Phi) is 4.98. The maximum atomic E-state index is 13.6. The van der Waals surface area contributed by atoms with Crippen LogP contribution in [0.3, 0.4) is 0 Å². The molecule has 0 bridgehead atoms. The van der Waals surface area contributed by atoms with E-state index >= 15 is 0 Å². The zero-order chi connectivity index (χ0) is 19.7. The predicted molar refractivity (Wildman–Crippen MR) is 114 cm³/mol. The van der Waals surface area contributed by atoms with E-state index in [9.17, 15) is 9.18 Å². The maximum Gasteiger partial charge on any atom is 0.323 e. The Balaban J connectivity index is 1.50. The van der Waals surface area contributed by atoms with Gasteiger partial charge in [0.2, 0.25) is 0 Å². The molecule has 0 unspecified atom stereocenters. The van der Waals surface area contributed by atoms with Gasteiger partial charge < -0.3 is 10.6 Å². The number of amides is 2. The van der Waals surface area contributed by atoms with Gasteiger partial charge in [0.15, 0.2) is 0 Å². The van der Waals surface area contributed by atoms with E-state index in [0.717, 1.165) is 20.8 Å². The molecule has 1 heterocycles. The first-order valence-corrected chi connectivity index (χ1v) is 9.69. The van der Waals surface area contributed by atoms with Crippen LogP contribution in [0.2, 0.25) is 5.02 Å². The van der Waals surface area contributed by atoms with Gasteiger partial charge in [-0.25, -0.2) is 14.2 Å². The molecule has 0 spiro atoms. The number of benzene rings is 3. The second kappa shape index (κ2) is 7.58. The van der Waals surface area contributed by atoms with E-state index in [1.807, 2.05) is 30.3 Å². The Morgan fingerprint density at radius 2 is 1.75 bits per heavy atom. The summed E-state index contributed by atoms with van der Waals surface area (Å²) in [6.45, 7) is 1.66. The van der Waals surface area contributed by atoms with E-state index < -0.39 is 6.03 Å². The lowest BCUT2D eigenvalue weighted by molar-refractivity contribution is 0.262. The first kappa shape index (κ1) is 18.4. The number of urea groups is 1. The lowest BCUT2D eigenvalue weighted by Crippen LogP contribution is -2.19. The number of nitrogens with zero attached hydrogens (tertiary/aromatic N) is 1. The highest BCUT2D eigenvalue weighted by atomic mass is 35.5. The van der Waals surface area contributed by atoms with Gasteiger partial charge in [-0.1, -0.05) is 29.8 Å². The van der Waals surface area contributed by atoms with E-state index in [0.29, 0.717) is 22.0 Å². The van der Waals surface area contributed by atoms with E-state index in [-0.39, 0.29) is 5.82 Å². The standard InChI is InChI=1S/C21H15ClFN3OS/c1-12-6-7-14(11-17(12)23)25-21(27)24-13-8-9-15(16(22)10-13)20-26-18-4-2-3-5-19(18)28-20/h2-11H,1H3,(H2,24,25,27). The van der Waals surface area contributed by atoms with Crippen LogP contribution >= 0.6 is 22.9 Å². The Bertz CT molecular complexity index is 1160. The van der Waals surface area contributed by atoms with E-state index in [4.69, 9.17) is 11.6 Å². The van der Waals surface area contributed by atoms with Gasteiger partial charge in [-0.15, -0.1) is 11.3 Å². The second-order valence-electron chi connectivity index (χ2n) is 6.22. The fourth-order valence-corrected chi connectivity index (χ4v) is 4.05. The Hall–Kier alpha value is -2.96. The van der Waals surface area contributed by atoms with E-state index in [1.54, 1.807) is 42.5 Å². The van der Waals surface area contributed by atoms with Crippen LogP contribution in [-0.2, 0) is 0 Å². The van der Waals surface area contributed by atoms with Gasteiger partial charge in [-0.05, 0) is 55.0 Å². The van der Waals surface area contributed by atoms with Crippen LogP contribution < -0.4 is 10.6 Å². The summed E-state index contributed by atoms with van der Waals surface area (Å²) < 4.78 is 14.7. The van der Waals surface area contributed by atoms with Crippen LogP contribution in [-0.4, -0.2) is 11.0 Å². The second-order valence-corrected chi connectivity index (χ2v) is 7.66. The Morgan fingerprint density at radius 1 is 1.04 bits per heavy atom. The molecule has 1 aromatic heterocycles. The van der Waals surface area contributed by atoms with Crippen LogP contribution in [0.4, 0.5) is 20.6 Å². The SMILES string of the molecule is Cc1ccc(NC(=O)Nc2ccc(-c3nc4ccccc4s3)c(Cl)c2)cc1F. The predicted octanol–water partition coefficient (Wildman–Crippen LogP) is 6.71. The number of anilines is 2. The molecule has 7 heteroatoms. The number of aryl methyl sites for hydroxylation is 1. The molecule has 0 aliphatic carbocycles. The number of aromatic nitrogens is 1. The number of hydrogen-bond donors (Lipinski definition) is 2. The topological polar surface area (TPSA) is 54.0 Å². The number of thiazole rings is 1. The minimum absolute atomic E-state index is 0.373. The number of hydrogen-bond acceptors (Lipinski definition) is 3. The fraction of sp³-hybridized carbons (Fsp3) is 0.0476. The van der Waals surface area contributed by atoms with Crippen molar-refractivity contribution in [2.45, 2.75) is 6.92 Å². The molecule has 0 fully saturated rings. The molecule has 0 aliphatic heterocycles. The quantitative estimate of drug-likeness (QED) is 0.393. The first-order valence-electron chi connectivity index (χ1n) is 8.49. The Labute approximate surface area is 170 Å². The van der Waals surface area contributed by atoms with Crippen molar-refractivity contribution >= 4 is 50.6 Å². The first-order chi connectivity index (χ1) is 13.5. The molecule has 0 saturated carbocycles. The summed E-state index contributed by atoms with van der Waals surface area (Å²) in [6, 6.07) is 17.2. The average Bonchev–Trinajstić information content (AvgIpc) is 3.08. The molecule has 0 atom stereocenters. The van der Waals surface area contributed by atoms with E-state index in [1.165, 1.54) is 6.07 Å². The molecule has 2 N–H and O–H groups in total. The molecule has 4 nitrogen and oxygen atoms in total. The minimum Gasteiger partial charge on any atom is -0.308 e. The third-order valence-corrected chi connectivity index (χ3v) is 5.56. The van der Waals surface area contributed by atoms with Gasteiger partial charge >= 0.3 is 6.03 Å². The zero-order valence-electron chi connectivity index (χ0n) is 14.8. The molecule has 0 saturated heterocycles. The van der Waals surface area contributed by atoms with Crippen molar-refractivity contribution in [3.63, 3.8) is 0 Å². The highest BCUT2D eigenvalue weighted by Gasteiger charge is 2.11. The molecule has 0 radical (unpaired) electrons. The maximum absolute atomic E-state index is 13.6. The normalized spacial score (nSPS) is 10.8. The average molecular weight is 412 g/mol. The van der Waals surface area contributed by atoms with Crippen molar-refractivity contribution in [3.05, 3.63) is 77.1 Å². The van der Waals surface area contributed by atoms with Crippen molar-refractivity contribution < 1.29 is 9.18 Å². The number of carbonyl (C=O) groups excluding carboxylic acids is 1. The van der Waals surface area contributed by atoms with Crippen molar-refractivity contribution in [2.24, 2.45) is 0 Å². The van der Waals surface area contributed by atoms with Gasteiger partial charge in [-0.2, -0.15) is 0 Å². The van der Waals surface area contributed by atoms with Crippen molar-refractivity contribution in [1.29, 1.82) is 0 Å². The van der Waals surface area contributed by atoms with Crippen molar-refractivity contribution in [2.75, 3.05) is 10.6 Å². The summed E-state index contributed by atoms with van der Waals surface area (Å²) in [5.41, 5.74) is 3.14. The molecule has 4 rings (SSSR count). The number of fused-ring (bicyclic) bond motifs is 1. The number of halogens is 2. The number of nitrogens with one attached hydrogen (secondary N) is 2. The lowest BCUT2D eigenvalue weighted by Gasteiger charge is -2.10. The largest absolute Gasteiger partial charge is 0.323 e. The molecule has 3 aromatic carbocycles. The third-order valence-electron chi connectivity index (χ3n) is 4.18. The molecule has 2 amide bonds. The Morgan fingerprint density at radius 3 is 2.46 bits per heavy atom. The molecule has 28 heavy (non-hydrogen) atoms. The van der Waals surface area contributed by atoms with E-state index in [2.05, 4.69) is 15.6 Å². The summed E-state index contributed by atoms with van der Waals surface area (Å²) in [5, 5.41) is 6.60. The monoisotopic (exact) mass is 411 g/mol. The van der Waals surface area contributed by atoms with Crippen molar-refractivity contribution in [3.8, 4) is 10.6 Å². The fourth-order valence-electron chi connectivity index (χ4n) is 2.72. The van der Waals surface area contributed by atoms with Crippen LogP contribution in [0.25, 0.3) is 20.8 Å². The molecule has 0 aliphatic rings. The molecular weight excluding hydrogens is 397 g/mol. The highest BCUT2D eigenvalue weighted by Crippen LogP contribution is 2.35. The molecular formula is C21H15ClFN3OS. The molecule has 140 valence electrons. The number of para-hydroxylation sites is 1. The van der Waals surface area contributed by atoms with Crippen LogP contribution in [0.5, 0.6) is 0 Å². The van der Waals surface area contributed by atoms with Gasteiger partial charge in [0.05, 0.1) is 15.2 Å². The summed E-state index contributed by atoms with van der Waals surface area (Å²) in [4.78, 5) is 16.8. The summed E-state index contributed by atoms with van der Waals surface area (Å²) >= 11 is 7.98. The van der Waals surface area contributed by atoms with Gasteiger partial charge in [0.25, 0.3) is 0 Å². The summed E-state index contributed by atoms with van der Waals surface area (Å²) in [7, 11) is 0. The third kappa shape index (κ3) is 3.83. The highest BCUT2D eigenvalue weighted by molar-refractivity contribution is 7.21. The van der Waals surface area contributed by atoms with Crippen molar-refractivity contribution in [1.82, 2.24) is 4.98 Å². The smallest absolute Gasteiger partial charge is 0.308 e. The summed E-state index contributed by atoms with van der Waals surface area (Å²) in [6.07, 6.45) is 0. The summed E-state index contributed by atoms with van der Waals surface area (Å²) in [5.74, 6) is -0.374. The number of carbonyl (C=O) groups is 1. The van der Waals surface area contributed by atoms with Gasteiger partial charge in [0, 0.05) is 16.9 Å². The number of rotatable bonds is 3. The zero-order valence-corrected chi connectivity index (χ0v) is 16.4. The minimum atomic E-state index is -0.480.